The molecule has 116 valence electrons. The minimum Gasteiger partial charge on any atom is -0.458 e. The monoisotopic (exact) mass is 318 g/mol. The lowest BCUT2D eigenvalue weighted by atomic mass is 10.1. The Labute approximate surface area is 133 Å². The molecule has 0 bridgehead atoms. The number of likely N-dealkylation sites (tertiary alicyclic amines) is 1. The summed E-state index contributed by atoms with van der Waals surface area (Å²) in [5, 5.41) is 0.990. The van der Waals surface area contributed by atoms with Gasteiger partial charge < -0.3 is 9.64 Å². The lowest BCUT2D eigenvalue weighted by Gasteiger charge is -2.32. The van der Waals surface area contributed by atoms with Gasteiger partial charge in [0, 0.05) is 30.0 Å². The molecule has 22 heavy (non-hydrogen) atoms. The second-order valence-corrected chi connectivity index (χ2v) is 6.59. The first kappa shape index (κ1) is 14.9. The average Bonchev–Trinajstić information content (AvgIpc) is 2.93. The van der Waals surface area contributed by atoms with Crippen LogP contribution < -0.4 is 4.74 Å². The summed E-state index contributed by atoms with van der Waals surface area (Å²) >= 11 is 1.57. The molecule has 7 heteroatoms. The maximum atomic E-state index is 12.4. The summed E-state index contributed by atoms with van der Waals surface area (Å²) in [5.41, 5.74) is 0. The van der Waals surface area contributed by atoms with Gasteiger partial charge in [0.05, 0.1) is 18.0 Å². The van der Waals surface area contributed by atoms with Crippen LogP contribution in [0.3, 0.4) is 0 Å². The summed E-state index contributed by atoms with van der Waals surface area (Å²) < 4.78 is 5.76. The molecule has 3 heterocycles. The van der Waals surface area contributed by atoms with Gasteiger partial charge in [-0.15, -0.1) is 11.3 Å². The van der Waals surface area contributed by atoms with Crippen LogP contribution in [0, 0.1) is 6.92 Å². The molecule has 0 saturated carbocycles. The molecule has 0 aromatic carbocycles. The number of carbonyl (C=O) groups is 1. The number of carbonyl (C=O) groups excluding carboxylic acids is 1. The summed E-state index contributed by atoms with van der Waals surface area (Å²) in [4.78, 5) is 27.6. The Morgan fingerprint density at radius 3 is 2.95 bits per heavy atom. The molecular formula is C15H18N4O2S. The molecule has 0 N–H and O–H groups in total. The highest BCUT2D eigenvalue weighted by molar-refractivity contribution is 7.11. The van der Waals surface area contributed by atoms with Crippen molar-refractivity contribution in [1.29, 1.82) is 0 Å². The van der Waals surface area contributed by atoms with E-state index in [2.05, 4.69) is 15.0 Å². The van der Waals surface area contributed by atoms with Crippen molar-refractivity contribution in [2.75, 3.05) is 13.1 Å². The minimum atomic E-state index is -0.0386. The quantitative estimate of drug-likeness (QED) is 0.860. The predicted octanol–water partition coefficient (Wildman–Crippen LogP) is 1.85. The van der Waals surface area contributed by atoms with Gasteiger partial charge in [-0.3, -0.25) is 4.79 Å². The Hall–Kier alpha value is -2.02. The summed E-state index contributed by atoms with van der Waals surface area (Å²) in [6, 6.07) is 2.13. The van der Waals surface area contributed by atoms with Crippen LogP contribution in [0.15, 0.2) is 24.7 Å². The largest absolute Gasteiger partial charge is 0.458 e. The number of piperidine rings is 1. The Bertz CT molecular complexity index is 631. The number of nitrogens with zero attached hydrogens (tertiary/aromatic N) is 4. The van der Waals surface area contributed by atoms with Gasteiger partial charge in [-0.1, -0.05) is 0 Å². The van der Waals surface area contributed by atoms with Crippen LogP contribution in [0.2, 0.25) is 0 Å². The molecule has 1 atom stereocenters. The van der Waals surface area contributed by atoms with Gasteiger partial charge in [0.2, 0.25) is 5.91 Å². The number of thiazole rings is 1. The van der Waals surface area contributed by atoms with Crippen molar-refractivity contribution in [2.24, 2.45) is 0 Å². The van der Waals surface area contributed by atoms with E-state index in [0.29, 0.717) is 19.0 Å². The molecule has 2 aromatic rings. The summed E-state index contributed by atoms with van der Waals surface area (Å²) in [5.74, 6) is 0.130. The number of hydrogen-bond acceptors (Lipinski definition) is 6. The van der Waals surface area contributed by atoms with E-state index in [9.17, 15) is 4.79 Å². The Morgan fingerprint density at radius 1 is 1.41 bits per heavy atom. The van der Waals surface area contributed by atoms with Crippen molar-refractivity contribution in [1.82, 2.24) is 19.9 Å². The smallest absolute Gasteiger partial charge is 0.316 e. The molecule has 1 aliphatic heterocycles. The second-order valence-electron chi connectivity index (χ2n) is 5.28. The van der Waals surface area contributed by atoms with Gasteiger partial charge in [-0.05, 0) is 25.8 Å². The minimum absolute atomic E-state index is 0.0386. The van der Waals surface area contributed by atoms with E-state index in [0.717, 1.165) is 29.3 Å². The fraction of sp³-hybridized carbons (Fsp3) is 0.467. The molecule has 0 spiro atoms. The molecular weight excluding hydrogens is 300 g/mol. The van der Waals surface area contributed by atoms with Crippen LogP contribution in [-0.4, -0.2) is 45.0 Å². The normalized spacial score (nSPS) is 18.2. The highest BCUT2D eigenvalue weighted by atomic mass is 32.1. The van der Waals surface area contributed by atoms with Crippen molar-refractivity contribution >= 4 is 17.2 Å². The fourth-order valence-corrected chi connectivity index (χ4v) is 3.29. The standard InChI is InChI=1S/C15H18N4O2S/c1-11-18-9-13(22-11)8-14(20)19-7-2-4-12(10-19)21-15-16-5-3-6-17-15/h3,5-6,9,12H,2,4,7-8,10H2,1H3. The maximum Gasteiger partial charge on any atom is 0.316 e. The van der Waals surface area contributed by atoms with E-state index >= 15 is 0 Å². The van der Waals surface area contributed by atoms with Crippen LogP contribution in [0.1, 0.15) is 22.7 Å². The Balaban J connectivity index is 1.57. The zero-order valence-corrected chi connectivity index (χ0v) is 13.3. The van der Waals surface area contributed by atoms with Crippen LogP contribution in [0.4, 0.5) is 0 Å². The van der Waals surface area contributed by atoms with Crippen LogP contribution >= 0.6 is 11.3 Å². The second kappa shape index (κ2) is 6.83. The lowest BCUT2D eigenvalue weighted by Crippen LogP contribution is -2.45. The van der Waals surface area contributed by atoms with Crippen LogP contribution in [0.5, 0.6) is 6.01 Å². The van der Waals surface area contributed by atoms with Gasteiger partial charge in [0.1, 0.15) is 6.10 Å². The van der Waals surface area contributed by atoms with E-state index in [1.165, 1.54) is 0 Å². The zero-order valence-electron chi connectivity index (χ0n) is 12.4. The zero-order chi connectivity index (χ0) is 15.4. The number of aryl methyl sites for hydroxylation is 1. The van der Waals surface area contributed by atoms with Gasteiger partial charge in [0.15, 0.2) is 0 Å². The van der Waals surface area contributed by atoms with Gasteiger partial charge in [-0.2, -0.15) is 0 Å². The van der Waals surface area contributed by atoms with Crippen molar-refractivity contribution in [3.05, 3.63) is 34.5 Å². The number of ether oxygens (including phenoxy) is 1. The number of rotatable bonds is 4. The molecule has 2 aromatic heterocycles. The lowest BCUT2D eigenvalue weighted by molar-refractivity contribution is -0.133. The van der Waals surface area contributed by atoms with E-state index in [1.807, 2.05) is 11.8 Å². The molecule has 1 aliphatic rings. The summed E-state index contributed by atoms with van der Waals surface area (Å²) in [7, 11) is 0. The van der Waals surface area contributed by atoms with Crippen molar-refractivity contribution < 1.29 is 9.53 Å². The van der Waals surface area contributed by atoms with E-state index < -0.39 is 0 Å². The van der Waals surface area contributed by atoms with E-state index in [4.69, 9.17) is 4.74 Å². The number of amides is 1. The van der Waals surface area contributed by atoms with Gasteiger partial charge in [-0.25, -0.2) is 15.0 Å². The maximum absolute atomic E-state index is 12.4. The highest BCUT2D eigenvalue weighted by Crippen LogP contribution is 2.18. The SMILES string of the molecule is Cc1ncc(CC(=O)N2CCCC(Oc3ncccn3)C2)s1. The molecule has 1 amide bonds. The Kier molecular flexibility index (Phi) is 4.62. The van der Waals surface area contributed by atoms with Crippen LogP contribution in [0.25, 0.3) is 0 Å². The predicted molar refractivity (Wildman–Crippen MR) is 82.8 cm³/mol. The van der Waals surface area contributed by atoms with Crippen molar-refractivity contribution in [3.8, 4) is 6.01 Å². The van der Waals surface area contributed by atoms with Crippen molar-refractivity contribution in [2.45, 2.75) is 32.3 Å². The number of hydrogen-bond donors (Lipinski definition) is 0. The Morgan fingerprint density at radius 2 is 2.23 bits per heavy atom. The third-order valence-electron chi connectivity index (χ3n) is 3.54. The summed E-state index contributed by atoms with van der Waals surface area (Å²) in [6.45, 7) is 3.32. The first-order valence-electron chi connectivity index (χ1n) is 7.33. The van der Waals surface area contributed by atoms with Crippen LogP contribution in [-0.2, 0) is 11.2 Å². The molecule has 3 rings (SSSR count). The van der Waals surface area contributed by atoms with Gasteiger partial charge >= 0.3 is 6.01 Å². The average molecular weight is 318 g/mol. The third kappa shape index (κ3) is 3.79. The topological polar surface area (TPSA) is 68.2 Å². The molecule has 1 unspecified atom stereocenters. The molecule has 0 aliphatic carbocycles. The molecule has 1 saturated heterocycles. The third-order valence-corrected chi connectivity index (χ3v) is 4.45. The van der Waals surface area contributed by atoms with Crippen molar-refractivity contribution in [3.63, 3.8) is 0 Å². The molecule has 6 nitrogen and oxygen atoms in total. The fourth-order valence-electron chi connectivity index (χ4n) is 2.50. The molecule has 0 radical (unpaired) electrons. The van der Waals surface area contributed by atoms with E-state index in [-0.39, 0.29) is 12.0 Å². The number of aromatic nitrogens is 3. The van der Waals surface area contributed by atoms with E-state index in [1.54, 1.807) is 36.0 Å². The summed E-state index contributed by atoms with van der Waals surface area (Å²) in [6.07, 6.45) is 7.32. The highest BCUT2D eigenvalue weighted by Gasteiger charge is 2.25. The first-order valence-corrected chi connectivity index (χ1v) is 8.15. The molecule has 1 fully saturated rings. The van der Waals surface area contributed by atoms with Gasteiger partial charge in [0.25, 0.3) is 0 Å². The first-order chi connectivity index (χ1) is 10.7.